The third-order valence-corrected chi connectivity index (χ3v) is 6.21. The number of carbonyl (C=O) groups is 2. The minimum atomic E-state index is -0.905. The fraction of sp³-hybridized carbons (Fsp3) is 0.571. The molecule has 1 aliphatic carbocycles. The predicted molar refractivity (Wildman–Crippen MR) is 106 cm³/mol. The van der Waals surface area contributed by atoms with Gasteiger partial charge in [-0.15, -0.1) is 0 Å². The molecule has 2 fully saturated rings. The molecule has 2 amide bonds. The average Bonchev–Trinajstić information content (AvgIpc) is 3.08. The molecule has 3 heterocycles. The van der Waals surface area contributed by atoms with Gasteiger partial charge in [0.2, 0.25) is 5.91 Å². The molecule has 1 saturated carbocycles. The van der Waals surface area contributed by atoms with Crippen LogP contribution in [0.3, 0.4) is 0 Å². The minimum absolute atomic E-state index is 0.0103. The molecule has 156 valence electrons. The molecule has 3 aliphatic rings. The maximum absolute atomic E-state index is 14.5. The van der Waals surface area contributed by atoms with Crippen LogP contribution >= 0.6 is 0 Å². The molecule has 29 heavy (non-hydrogen) atoms. The van der Waals surface area contributed by atoms with Gasteiger partial charge in [-0.2, -0.15) is 0 Å². The van der Waals surface area contributed by atoms with Crippen molar-refractivity contribution in [1.29, 1.82) is 0 Å². The summed E-state index contributed by atoms with van der Waals surface area (Å²) in [5.41, 5.74) is 5.66. The highest BCUT2D eigenvalue weighted by atomic mass is 19.1. The van der Waals surface area contributed by atoms with Crippen LogP contribution in [0, 0.1) is 5.92 Å². The molecule has 1 aromatic heterocycles. The number of pyridine rings is 1. The van der Waals surface area contributed by atoms with E-state index in [0.29, 0.717) is 25.0 Å². The quantitative estimate of drug-likeness (QED) is 0.674. The summed E-state index contributed by atoms with van der Waals surface area (Å²) in [5, 5.41) is 7.77. The number of carbonyl (C=O) groups excluding carboxylic acids is 2. The largest absolute Gasteiger partial charge is 0.367 e. The van der Waals surface area contributed by atoms with Gasteiger partial charge in [0.25, 0.3) is 5.91 Å². The van der Waals surface area contributed by atoms with Crippen molar-refractivity contribution in [3.63, 3.8) is 0 Å². The van der Waals surface area contributed by atoms with E-state index >= 15 is 0 Å². The maximum Gasteiger partial charge on any atom is 0.267 e. The minimum Gasteiger partial charge on any atom is -0.367 e. The van der Waals surface area contributed by atoms with Gasteiger partial charge < -0.3 is 10.6 Å². The lowest BCUT2D eigenvalue weighted by atomic mass is 9.82. The molecule has 4 rings (SSSR count). The first-order valence-electron chi connectivity index (χ1n) is 10.4. The first kappa shape index (κ1) is 19.8. The summed E-state index contributed by atoms with van der Waals surface area (Å²) in [6, 6.07) is 3.83. The number of aromatic nitrogens is 1. The third-order valence-electron chi connectivity index (χ3n) is 6.21. The van der Waals surface area contributed by atoms with E-state index in [9.17, 15) is 14.0 Å². The van der Waals surface area contributed by atoms with Gasteiger partial charge >= 0.3 is 0 Å². The zero-order valence-corrected chi connectivity index (χ0v) is 16.7. The SMILES string of the molecule is CC1=C(CCC(=O)NCCc2ccncc2)C(=O)N2NC3CCCC(F)C3C2N1. The highest BCUT2D eigenvalue weighted by Crippen LogP contribution is 2.38. The Labute approximate surface area is 170 Å². The Kier molecular flexibility index (Phi) is 5.80. The summed E-state index contributed by atoms with van der Waals surface area (Å²) in [5.74, 6) is -0.445. The van der Waals surface area contributed by atoms with Gasteiger partial charge in [-0.25, -0.2) is 9.82 Å². The summed E-state index contributed by atoms with van der Waals surface area (Å²) < 4.78 is 14.5. The van der Waals surface area contributed by atoms with Crippen LogP contribution in [-0.4, -0.2) is 46.7 Å². The van der Waals surface area contributed by atoms with E-state index in [1.54, 1.807) is 17.4 Å². The molecule has 2 aliphatic heterocycles. The van der Waals surface area contributed by atoms with Crippen LogP contribution in [0.15, 0.2) is 35.8 Å². The van der Waals surface area contributed by atoms with Crippen molar-refractivity contribution < 1.29 is 14.0 Å². The number of amides is 2. The Balaban J connectivity index is 1.31. The van der Waals surface area contributed by atoms with Gasteiger partial charge in [-0.1, -0.05) is 0 Å². The number of halogens is 1. The first-order chi connectivity index (χ1) is 14.0. The molecule has 3 N–H and O–H groups in total. The van der Waals surface area contributed by atoms with Gasteiger partial charge in [0.05, 0.1) is 0 Å². The number of allylic oxidation sites excluding steroid dienone is 1. The Morgan fingerprint density at radius 1 is 1.31 bits per heavy atom. The number of hydrogen-bond donors (Lipinski definition) is 3. The highest BCUT2D eigenvalue weighted by molar-refractivity contribution is 5.95. The van der Waals surface area contributed by atoms with Crippen LogP contribution in [0.5, 0.6) is 0 Å². The number of alkyl halides is 1. The van der Waals surface area contributed by atoms with Gasteiger partial charge in [-0.3, -0.25) is 19.6 Å². The zero-order valence-electron chi connectivity index (χ0n) is 16.7. The molecule has 0 bridgehead atoms. The van der Waals surface area contributed by atoms with Crippen molar-refractivity contribution in [2.24, 2.45) is 5.92 Å². The predicted octanol–water partition coefficient (Wildman–Crippen LogP) is 1.58. The zero-order chi connectivity index (χ0) is 20.4. The molecule has 0 aromatic carbocycles. The van der Waals surface area contributed by atoms with Crippen molar-refractivity contribution in [2.75, 3.05) is 6.54 Å². The molecule has 0 spiro atoms. The summed E-state index contributed by atoms with van der Waals surface area (Å²) in [6.45, 7) is 2.39. The topological polar surface area (TPSA) is 86.4 Å². The lowest BCUT2D eigenvalue weighted by Crippen LogP contribution is -2.55. The summed E-state index contributed by atoms with van der Waals surface area (Å²) in [6.07, 6.45) is 5.82. The van der Waals surface area contributed by atoms with E-state index in [0.717, 1.165) is 30.5 Å². The van der Waals surface area contributed by atoms with E-state index < -0.39 is 6.17 Å². The second-order valence-electron chi connectivity index (χ2n) is 8.08. The van der Waals surface area contributed by atoms with Crippen LogP contribution < -0.4 is 16.1 Å². The second-order valence-corrected chi connectivity index (χ2v) is 8.08. The normalized spacial score (nSPS) is 28.6. The monoisotopic (exact) mass is 401 g/mol. The molecule has 7 nitrogen and oxygen atoms in total. The van der Waals surface area contributed by atoms with E-state index in [-0.39, 0.29) is 36.4 Å². The molecular formula is C21H28FN5O2. The van der Waals surface area contributed by atoms with Gasteiger partial charge in [-0.05, 0) is 56.7 Å². The van der Waals surface area contributed by atoms with Crippen molar-refractivity contribution in [3.05, 3.63) is 41.4 Å². The molecule has 0 radical (unpaired) electrons. The highest BCUT2D eigenvalue weighted by Gasteiger charge is 2.51. The maximum atomic E-state index is 14.5. The fourth-order valence-electron chi connectivity index (χ4n) is 4.65. The van der Waals surface area contributed by atoms with Crippen LogP contribution in [-0.2, 0) is 16.0 Å². The Bertz CT molecular complexity index is 800. The van der Waals surface area contributed by atoms with Crippen LogP contribution in [0.25, 0.3) is 0 Å². The van der Waals surface area contributed by atoms with Crippen LogP contribution in [0.2, 0.25) is 0 Å². The van der Waals surface area contributed by atoms with E-state index in [4.69, 9.17) is 0 Å². The Morgan fingerprint density at radius 2 is 2.10 bits per heavy atom. The lowest BCUT2D eigenvalue weighted by Gasteiger charge is -2.36. The molecule has 4 unspecified atom stereocenters. The van der Waals surface area contributed by atoms with Crippen molar-refractivity contribution in [3.8, 4) is 0 Å². The Morgan fingerprint density at radius 3 is 2.90 bits per heavy atom. The van der Waals surface area contributed by atoms with Gasteiger partial charge in [0, 0.05) is 48.6 Å². The summed E-state index contributed by atoms with van der Waals surface area (Å²) in [7, 11) is 0. The van der Waals surface area contributed by atoms with Gasteiger partial charge in [0.15, 0.2) is 0 Å². The standard InChI is InChI=1S/C21H28FN5O2/c1-13-15(5-6-18(28)24-12-9-14-7-10-23-11-8-14)21(29)27-20(25-13)19-16(22)3-2-4-17(19)26-27/h7-8,10-11,16-17,19-20,25-26H,2-6,9,12H2,1H3,(H,24,28). The van der Waals surface area contributed by atoms with E-state index in [1.165, 1.54) is 0 Å². The average molecular weight is 401 g/mol. The third kappa shape index (κ3) is 4.12. The number of rotatable bonds is 6. The van der Waals surface area contributed by atoms with Crippen molar-refractivity contribution >= 4 is 11.8 Å². The summed E-state index contributed by atoms with van der Waals surface area (Å²) in [4.78, 5) is 29.2. The van der Waals surface area contributed by atoms with E-state index in [1.807, 2.05) is 19.1 Å². The van der Waals surface area contributed by atoms with Crippen molar-refractivity contribution in [2.45, 2.75) is 63.8 Å². The van der Waals surface area contributed by atoms with Gasteiger partial charge in [0.1, 0.15) is 12.3 Å². The van der Waals surface area contributed by atoms with E-state index in [2.05, 4.69) is 21.0 Å². The molecule has 4 atom stereocenters. The molecule has 1 saturated heterocycles. The molecule has 1 aromatic rings. The number of fused-ring (bicyclic) bond motifs is 3. The molecular weight excluding hydrogens is 373 g/mol. The van der Waals surface area contributed by atoms with Crippen molar-refractivity contribution in [1.82, 2.24) is 26.1 Å². The lowest BCUT2D eigenvalue weighted by molar-refractivity contribution is -0.133. The molecule has 8 heteroatoms. The number of nitrogens with one attached hydrogen (secondary N) is 3. The number of hydrogen-bond acceptors (Lipinski definition) is 5. The smallest absolute Gasteiger partial charge is 0.267 e. The Hall–Kier alpha value is -2.48. The number of nitrogens with zero attached hydrogens (tertiary/aromatic N) is 2. The summed E-state index contributed by atoms with van der Waals surface area (Å²) >= 11 is 0. The second kappa shape index (κ2) is 8.49. The fourth-order valence-corrected chi connectivity index (χ4v) is 4.65. The first-order valence-corrected chi connectivity index (χ1v) is 10.4. The van der Waals surface area contributed by atoms with Crippen LogP contribution in [0.4, 0.5) is 4.39 Å². The van der Waals surface area contributed by atoms with Crippen LogP contribution in [0.1, 0.15) is 44.6 Å². The number of hydrazine groups is 1.